The summed E-state index contributed by atoms with van der Waals surface area (Å²) >= 11 is 10.3. The highest BCUT2D eigenvalue weighted by Crippen LogP contribution is 2.39. The molecule has 1 N–H and O–H groups in total. The smallest absolute Gasteiger partial charge is 0.294 e. The largest absolute Gasteiger partial charge is 0.490 e. The van der Waals surface area contributed by atoms with Crippen LogP contribution < -0.4 is 14.8 Å². The molecule has 33 heavy (non-hydrogen) atoms. The SMILES string of the molecule is CCOc1cc(/C=C2/SC(=O)N(CC(=O)Nc3ccccc3Cl)C2=O)cc(Br)c1OC(C)C. The van der Waals surface area contributed by atoms with Gasteiger partial charge in [-0.1, -0.05) is 23.7 Å². The normalized spacial score (nSPS) is 14.8. The molecule has 3 amide bonds. The third kappa shape index (κ3) is 6.31. The van der Waals surface area contributed by atoms with Crippen LogP contribution in [0.4, 0.5) is 10.5 Å². The van der Waals surface area contributed by atoms with E-state index in [0.717, 1.165) is 16.7 Å². The van der Waals surface area contributed by atoms with Gasteiger partial charge in [-0.3, -0.25) is 19.3 Å². The summed E-state index contributed by atoms with van der Waals surface area (Å²) in [4.78, 5) is 38.7. The molecule has 1 saturated heterocycles. The molecule has 2 aromatic rings. The van der Waals surface area contributed by atoms with Gasteiger partial charge in [0, 0.05) is 0 Å². The average molecular weight is 554 g/mol. The van der Waals surface area contributed by atoms with Crippen molar-refractivity contribution in [3.8, 4) is 11.5 Å². The Morgan fingerprint density at radius 2 is 2.00 bits per heavy atom. The summed E-state index contributed by atoms with van der Waals surface area (Å²) < 4.78 is 12.2. The number of hydrogen-bond donors (Lipinski definition) is 1. The van der Waals surface area contributed by atoms with E-state index in [1.54, 1.807) is 42.5 Å². The minimum Gasteiger partial charge on any atom is -0.490 e. The van der Waals surface area contributed by atoms with E-state index in [-0.39, 0.29) is 11.0 Å². The van der Waals surface area contributed by atoms with Crippen LogP contribution in [0.3, 0.4) is 0 Å². The van der Waals surface area contributed by atoms with Crippen molar-refractivity contribution >= 4 is 68.1 Å². The summed E-state index contributed by atoms with van der Waals surface area (Å²) in [6, 6.07) is 10.2. The van der Waals surface area contributed by atoms with Gasteiger partial charge in [0.05, 0.1) is 32.8 Å². The first-order valence-corrected chi connectivity index (χ1v) is 12.1. The van der Waals surface area contributed by atoms with Crippen LogP contribution >= 0.6 is 39.3 Å². The predicted molar refractivity (Wildman–Crippen MR) is 134 cm³/mol. The number of anilines is 1. The first kappa shape index (κ1) is 25.1. The molecule has 0 bridgehead atoms. The Bertz CT molecular complexity index is 1120. The van der Waals surface area contributed by atoms with Crippen molar-refractivity contribution in [3.63, 3.8) is 0 Å². The number of benzene rings is 2. The van der Waals surface area contributed by atoms with Crippen molar-refractivity contribution in [3.05, 3.63) is 56.4 Å². The van der Waals surface area contributed by atoms with E-state index >= 15 is 0 Å². The number of para-hydroxylation sites is 1. The number of rotatable bonds is 8. The van der Waals surface area contributed by atoms with Crippen molar-refractivity contribution in [2.75, 3.05) is 18.5 Å². The molecule has 1 fully saturated rings. The third-order valence-electron chi connectivity index (χ3n) is 4.31. The highest BCUT2D eigenvalue weighted by Gasteiger charge is 2.36. The Morgan fingerprint density at radius 3 is 2.67 bits per heavy atom. The van der Waals surface area contributed by atoms with E-state index < -0.39 is 23.6 Å². The molecule has 0 aliphatic carbocycles. The number of carbonyl (C=O) groups excluding carboxylic acids is 3. The van der Waals surface area contributed by atoms with E-state index in [2.05, 4.69) is 21.2 Å². The molecular formula is C23H22BrClN2O5S. The zero-order chi connectivity index (χ0) is 24.1. The highest BCUT2D eigenvalue weighted by atomic mass is 79.9. The van der Waals surface area contributed by atoms with Gasteiger partial charge in [0.1, 0.15) is 6.54 Å². The van der Waals surface area contributed by atoms with Crippen LogP contribution in [0, 0.1) is 0 Å². The molecule has 10 heteroatoms. The van der Waals surface area contributed by atoms with Crippen LogP contribution in [0.25, 0.3) is 6.08 Å². The Labute approximate surface area is 209 Å². The van der Waals surface area contributed by atoms with Gasteiger partial charge in [-0.25, -0.2) is 0 Å². The molecule has 0 atom stereocenters. The average Bonchev–Trinajstić information content (AvgIpc) is 2.99. The maximum atomic E-state index is 12.8. The van der Waals surface area contributed by atoms with Crippen molar-refractivity contribution < 1.29 is 23.9 Å². The summed E-state index contributed by atoms with van der Waals surface area (Å²) in [6.45, 7) is 5.70. The van der Waals surface area contributed by atoms with Gasteiger partial charge in [-0.2, -0.15) is 0 Å². The molecule has 0 radical (unpaired) electrons. The monoisotopic (exact) mass is 552 g/mol. The zero-order valence-electron chi connectivity index (χ0n) is 18.2. The summed E-state index contributed by atoms with van der Waals surface area (Å²) in [5.41, 5.74) is 1.05. The summed E-state index contributed by atoms with van der Waals surface area (Å²) in [6.07, 6.45) is 1.53. The fourth-order valence-corrected chi connectivity index (χ4v) is 4.54. The molecule has 3 rings (SSSR count). The Kier molecular flexibility index (Phi) is 8.45. The van der Waals surface area contributed by atoms with Gasteiger partial charge in [-0.05, 0) is 84.4 Å². The van der Waals surface area contributed by atoms with Gasteiger partial charge >= 0.3 is 0 Å². The number of halogens is 2. The lowest BCUT2D eigenvalue weighted by Gasteiger charge is -2.17. The number of ether oxygens (including phenoxy) is 2. The highest BCUT2D eigenvalue weighted by molar-refractivity contribution is 9.10. The minimum atomic E-state index is -0.545. The molecule has 1 heterocycles. The number of amides is 3. The lowest BCUT2D eigenvalue weighted by atomic mass is 10.1. The standard InChI is InChI=1S/C23H22BrClN2O5S/c1-4-31-18-10-14(9-15(24)21(18)32-13(2)3)11-19-22(29)27(23(30)33-19)12-20(28)26-17-8-6-5-7-16(17)25/h5-11,13H,4,12H2,1-3H3,(H,26,28)/b19-11+. The van der Waals surface area contributed by atoms with Crippen LogP contribution in [0.1, 0.15) is 26.3 Å². The molecule has 0 spiro atoms. The van der Waals surface area contributed by atoms with Gasteiger partial charge in [0.15, 0.2) is 11.5 Å². The fraction of sp³-hybridized carbons (Fsp3) is 0.261. The topological polar surface area (TPSA) is 84.9 Å². The molecule has 1 aliphatic rings. The number of carbonyl (C=O) groups is 3. The molecular weight excluding hydrogens is 532 g/mol. The number of nitrogens with one attached hydrogen (secondary N) is 1. The van der Waals surface area contributed by atoms with E-state index in [9.17, 15) is 14.4 Å². The fourth-order valence-electron chi connectivity index (χ4n) is 2.97. The lowest BCUT2D eigenvalue weighted by molar-refractivity contribution is -0.127. The second-order valence-corrected chi connectivity index (χ2v) is 9.48. The van der Waals surface area contributed by atoms with E-state index in [1.807, 2.05) is 20.8 Å². The molecule has 0 unspecified atom stereocenters. The predicted octanol–water partition coefficient (Wildman–Crippen LogP) is 5.96. The van der Waals surface area contributed by atoms with Gasteiger partial charge < -0.3 is 14.8 Å². The van der Waals surface area contributed by atoms with E-state index in [1.165, 1.54) is 0 Å². The summed E-state index contributed by atoms with van der Waals surface area (Å²) in [5, 5.41) is 2.45. The lowest BCUT2D eigenvalue weighted by Crippen LogP contribution is -2.36. The number of nitrogens with zero attached hydrogens (tertiary/aromatic N) is 1. The molecule has 0 saturated carbocycles. The first-order chi connectivity index (χ1) is 15.7. The van der Waals surface area contributed by atoms with E-state index in [4.69, 9.17) is 21.1 Å². The van der Waals surface area contributed by atoms with Crippen molar-refractivity contribution in [1.82, 2.24) is 4.90 Å². The Morgan fingerprint density at radius 1 is 1.27 bits per heavy atom. The molecule has 0 aromatic heterocycles. The quantitative estimate of drug-likeness (QED) is 0.406. The van der Waals surface area contributed by atoms with Crippen LogP contribution in [0.2, 0.25) is 5.02 Å². The second-order valence-electron chi connectivity index (χ2n) is 7.23. The minimum absolute atomic E-state index is 0.0558. The third-order valence-corrected chi connectivity index (χ3v) is 6.13. The summed E-state index contributed by atoms with van der Waals surface area (Å²) in [5.74, 6) is 0.0117. The molecule has 2 aromatic carbocycles. The molecule has 1 aliphatic heterocycles. The van der Waals surface area contributed by atoms with Crippen LogP contribution in [0.15, 0.2) is 45.8 Å². The van der Waals surface area contributed by atoms with Gasteiger partial charge in [0.2, 0.25) is 5.91 Å². The maximum absolute atomic E-state index is 12.8. The van der Waals surface area contributed by atoms with E-state index in [0.29, 0.717) is 38.9 Å². The molecule has 174 valence electrons. The second kappa shape index (κ2) is 11.1. The maximum Gasteiger partial charge on any atom is 0.294 e. The number of hydrogen-bond acceptors (Lipinski definition) is 6. The summed E-state index contributed by atoms with van der Waals surface area (Å²) in [7, 11) is 0. The Hall–Kier alpha value is -2.49. The van der Waals surface area contributed by atoms with Crippen molar-refractivity contribution in [2.45, 2.75) is 26.9 Å². The van der Waals surface area contributed by atoms with Crippen LogP contribution in [-0.4, -0.2) is 41.2 Å². The van der Waals surface area contributed by atoms with Crippen molar-refractivity contribution in [2.24, 2.45) is 0 Å². The first-order valence-electron chi connectivity index (χ1n) is 10.1. The number of imide groups is 1. The zero-order valence-corrected chi connectivity index (χ0v) is 21.3. The van der Waals surface area contributed by atoms with Crippen LogP contribution in [0.5, 0.6) is 11.5 Å². The van der Waals surface area contributed by atoms with Gasteiger partial charge in [-0.15, -0.1) is 0 Å². The van der Waals surface area contributed by atoms with Gasteiger partial charge in [0.25, 0.3) is 11.1 Å². The molecule has 7 nitrogen and oxygen atoms in total. The van der Waals surface area contributed by atoms with Crippen LogP contribution in [-0.2, 0) is 9.59 Å². The number of thioether (sulfide) groups is 1. The Balaban J connectivity index is 1.79. The van der Waals surface area contributed by atoms with Crippen molar-refractivity contribution in [1.29, 1.82) is 0 Å².